The van der Waals surface area contributed by atoms with Gasteiger partial charge in [-0.15, -0.1) is 0 Å². The van der Waals surface area contributed by atoms with Crippen molar-refractivity contribution < 1.29 is 9.90 Å². The minimum absolute atomic E-state index is 0.0163. The smallest absolute Gasteiger partial charge is 0.237 e. The van der Waals surface area contributed by atoms with Crippen LogP contribution < -0.4 is 11.1 Å². The lowest BCUT2D eigenvalue weighted by molar-refractivity contribution is -0.147. The molecule has 4 N–H and O–H groups in total. The number of nitrogens with zero attached hydrogens (tertiary/aromatic N) is 1. The Morgan fingerprint density at radius 2 is 1.54 bits per heavy atom. The van der Waals surface area contributed by atoms with Crippen LogP contribution in [0.4, 0.5) is 0 Å². The highest BCUT2D eigenvalue weighted by molar-refractivity contribution is 5.83. The van der Waals surface area contributed by atoms with E-state index in [0.717, 1.165) is 42.4 Å². The van der Waals surface area contributed by atoms with Crippen LogP contribution in [0.1, 0.15) is 48.8 Å². The Labute approximate surface area is 232 Å². The Kier molecular flexibility index (Phi) is 9.04. The van der Waals surface area contributed by atoms with Gasteiger partial charge in [-0.1, -0.05) is 104 Å². The molecule has 0 bridgehead atoms. The van der Waals surface area contributed by atoms with Gasteiger partial charge < -0.3 is 16.2 Å². The number of nitrogens with one attached hydrogen (secondary N) is 1. The van der Waals surface area contributed by atoms with Crippen molar-refractivity contribution in [2.75, 3.05) is 6.54 Å². The summed E-state index contributed by atoms with van der Waals surface area (Å²) in [4.78, 5) is 15.3. The average Bonchev–Trinajstić information content (AvgIpc) is 2.99. The SMILES string of the molecule is NCCCC[C@H]1C(=O)N[C@@H](Cc2ccc(C3=CCCC=C3)cc2)C(O)N1Cc1ccc(-c2ccccc2)cc1. The fourth-order valence-electron chi connectivity index (χ4n) is 5.62. The highest BCUT2D eigenvalue weighted by Gasteiger charge is 2.40. The lowest BCUT2D eigenvalue weighted by Crippen LogP contribution is -2.65. The van der Waals surface area contributed by atoms with Crippen molar-refractivity contribution in [3.8, 4) is 11.1 Å². The third-order valence-electron chi connectivity index (χ3n) is 7.83. The molecule has 0 saturated carbocycles. The third-order valence-corrected chi connectivity index (χ3v) is 7.83. The predicted molar refractivity (Wildman–Crippen MR) is 159 cm³/mol. The number of allylic oxidation sites excluding steroid dienone is 4. The molecule has 39 heavy (non-hydrogen) atoms. The quantitative estimate of drug-likeness (QED) is 0.310. The number of benzene rings is 3. The topological polar surface area (TPSA) is 78.6 Å². The summed E-state index contributed by atoms with van der Waals surface area (Å²) in [6, 6.07) is 26.4. The molecular weight excluding hydrogens is 482 g/mol. The second-order valence-electron chi connectivity index (χ2n) is 10.6. The lowest BCUT2D eigenvalue weighted by atomic mass is 9.94. The molecule has 0 spiro atoms. The maximum atomic E-state index is 13.3. The molecule has 3 aromatic carbocycles. The molecule has 202 valence electrons. The van der Waals surface area contributed by atoms with Crippen LogP contribution in [-0.2, 0) is 17.8 Å². The minimum Gasteiger partial charge on any atom is -0.376 e. The fourth-order valence-corrected chi connectivity index (χ4v) is 5.62. The van der Waals surface area contributed by atoms with Gasteiger partial charge in [0.15, 0.2) is 0 Å². The number of unbranched alkanes of at least 4 members (excludes halogenated alkanes) is 1. The van der Waals surface area contributed by atoms with E-state index in [1.807, 2.05) is 23.1 Å². The van der Waals surface area contributed by atoms with Crippen molar-refractivity contribution in [3.05, 3.63) is 114 Å². The van der Waals surface area contributed by atoms with Gasteiger partial charge in [-0.05, 0) is 72.0 Å². The maximum Gasteiger partial charge on any atom is 0.237 e. The van der Waals surface area contributed by atoms with Crippen molar-refractivity contribution in [2.24, 2.45) is 5.73 Å². The van der Waals surface area contributed by atoms with Gasteiger partial charge in [-0.2, -0.15) is 0 Å². The normalized spacial score (nSPS) is 21.4. The number of nitrogens with two attached hydrogens (primary N) is 1. The number of hydrogen-bond donors (Lipinski definition) is 3. The summed E-state index contributed by atoms with van der Waals surface area (Å²) in [6.45, 7) is 1.11. The van der Waals surface area contributed by atoms with Crippen LogP contribution in [0.15, 0.2) is 97.1 Å². The van der Waals surface area contributed by atoms with Gasteiger partial charge in [0.05, 0.1) is 12.1 Å². The largest absolute Gasteiger partial charge is 0.376 e. The molecule has 5 rings (SSSR count). The molecule has 3 atom stereocenters. The second-order valence-corrected chi connectivity index (χ2v) is 10.6. The van der Waals surface area contributed by atoms with Crippen molar-refractivity contribution in [1.82, 2.24) is 10.2 Å². The summed E-state index contributed by atoms with van der Waals surface area (Å²) in [5.74, 6) is -0.0163. The Balaban J connectivity index is 1.31. The fraction of sp³-hybridized carbons (Fsp3) is 0.324. The summed E-state index contributed by atoms with van der Waals surface area (Å²) in [5.41, 5.74) is 12.7. The zero-order valence-electron chi connectivity index (χ0n) is 22.5. The molecule has 1 amide bonds. The average molecular weight is 522 g/mol. The van der Waals surface area contributed by atoms with Gasteiger partial charge >= 0.3 is 0 Å². The van der Waals surface area contributed by atoms with E-state index in [4.69, 9.17) is 5.73 Å². The second kappa shape index (κ2) is 13.0. The van der Waals surface area contributed by atoms with E-state index in [1.54, 1.807) is 0 Å². The molecule has 1 unspecified atom stereocenters. The van der Waals surface area contributed by atoms with E-state index in [9.17, 15) is 9.90 Å². The summed E-state index contributed by atoms with van der Waals surface area (Å²) in [6.07, 6.45) is 11.0. The molecular formula is C34H39N3O2. The monoisotopic (exact) mass is 521 g/mol. The van der Waals surface area contributed by atoms with E-state index in [0.29, 0.717) is 25.9 Å². The van der Waals surface area contributed by atoms with Crippen molar-refractivity contribution in [1.29, 1.82) is 0 Å². The van der Waals surface area contributed by atoms with Crippen LogP contribution in [0, 0.1) is 0 Å². The van der Waals surface area contributed by atoms with Gasteiger partial charge in [-0.25, -0.2) is 0 Å². The van der Waals surface area contributed by atoms with Crippen LogP contribution >= 0.6 is 0 Å². The molecule has 1 heterocycles. The van der Waals surface area contributed by atoms with Crippen molar-refractivity contribution in [2.45, 2.75) is 63.4 Å². The maximum absolute atomic E-state index is 13.3. The van der Waals surface area contributed by atoms with Crippen molar-refractivity contribution in [3.63, 3.8) is 0 Å². The molecule has 0 radical (unpaired) electrons. The van der Waals surface area contributed by atoms with Gasteiger partial charge in [0.2, 0.25) is 5.91 Å². The molecule has 1 aliphatic carbocycles. The van der Waals surface area contributed by atoms with E-state index in [-0.39, 0.29) is 18.0 Å². The molecule has 1 saturated heterocycles. The minimum atomic E-state index is -0.789. The van der Waals surface area contributed by atoms with E-state index < -0.39 is 6.23 Å². The summed E-state index contributed by atoms with van der Waals surface area (Å²) in [5, 5.41) is 14.7. The van der Waals surface area contributed by atoms with Crippen LogP contribution in [0.2, 0.25) is 0 Å². The highest BCUT2D eigenvalue weighted by atomic mass is 16.3. The summed E-state index contributed by atoms with van der Waals surface area (Å²) < 4.78 is 0. The van der Waals surface area contributed by atoms with Gasteiger partial charge in [-0.3, -0.25) is 9.69 Å². The van der Waals surface area contributed by atoms with Gasteiger partial charge in [0.25, 0.3) is 0 Å². The van der Waals surface area contributed by atoms with Crippen LogP contribution in [0.3, 0.4) is 0 Å². The molecule has 3 aromatic rings. The van der Waals surface area contributed by atoms with Crippen molar-refractivity contribution >= 4 is 11.5 Å². The van der Waals surface area contributed by atoms with Gasteiger partial charge in [0.1, 0.15) is 6.23 Å². The number of piperazine rings is 1. The molecule has 0 aromatic heterocycles. The number of aliphatic hydroxyl groups is 1. The number of aliphatic hydroxyl groups excluding tert-OH is 1. The van der Waals surface area contributed by atoms with E-state index >= 15 is 0 Å². The Hall–Kier alpha value is -3.51. The first kappa shape index (κ1) is 27.1. The van der Waals surface area contributed by atoms with Crippen LogP contribution in [0.25, 0.3) is 16.7 Å². The predicted octanol–water partition coefficient (Wildman–Crippen LogP) is 5.45. The van der Waals surface area contributed by atoms with Crippen LogP contribution in [-0.4, -0.2) is 40.8 Å². The van der Waals surface area contributed by atoms with Gasteiger partial charge in [0, 0.05) is 6.54 Å². The molecule has 5 nitrogen and oxygen atoms in total. The van der Waals surface area contributed by atoms with Crippen LogP contribution in [0.5, 0.6) is 0 Å². The first-order valence-electron chi connectivity index (χ1n) is 14.2. The Morgan fingerprint density at radius 3 is 2.23 bits per heavy atom. The summed E-state index contributed by atoms with van der Waals surface area (Å²) in [7, 11) is 0. The summed E-state index contributed by atoms with van der Waals surface area (Å²) >= 11 is 0. The zero-order chi connectivity index (χ0) is 27.0. The van der Waals surface area contributed by atoms with E-state index in [2.05, 4.69) is 84.2 Å². The zero-order valence-corrected chi connectivity index (χ0v) is 22.5. The number of rotatable bonds is 10. The number of carbonyl (C=O) groups is 1. The Bertz CT molecular complexity index is 1280. The molecule has 5 heteroatoms. The Morgan fingerprint density at radius 1 is 0.846 bits per heavy atom. The molecule has 1 aliphatic heterocycles. The highest BCUT2D eigenvalue weighted by Crippen LogP contribution is 2.26. The molecule has 2 aliphatic rings. The molecule has 1 fully saturated rings. The first-order valence-corrected chi connectivity index (χ1v) is 14.2. The number of amides is 1. The standard InChI is InChI=1S/C34H39N3O2/c35-22-8-7-13-32-33(38)36-31(23-25-14-18-29(19-15-25)27-9-3-1-4-10-27)34(39)37(32)24-26-16-20-30(21-17-26)28-11-5-2-6-12-28/h2-3,5-6,9-12,14-21,31-32,34,39H,1,4,7-8,13,22-24,35H2,(H,36,38)/t31-,32-,34?/m0/s1. The van der Waals surface area contributed by atoms with E-state index in [1.165, 1.54) is 16.7 Å². The number of carbonyl (C=O) groups excluding carboxylic acids is 1. The lowest BCUT2D eigenvalue weighted by Gasteiger charge is -2.43. The first-order chi connectivity index (χ1) is 19.1. The third kappa shape index (κ3) is 6.74. The number of hydrogen-bond acceptors (Lipinski definition) is 4.